The Morgan fingerprint density at radius 3 is 2.47 bits per heavy atom. The smallest absolute Gasteiger partial charge is 0.0919 e. The summed E-state index contributed by atoms with van der Waals surface area (Å²) in [5.41, 5.74) is 3.11. The Morgan fingerprint density at radius 1 is 0.941 bits per heavy atom. The minimum atomic E-state index is 0.989. The maximum absolute atomic E-state index is 4.51. The Labute approximate surface area is 104 Å². The summed E-state index contributed by atoms with van der Waals surface area (Å²) >= 11 is 1.53. The van der Waals surface area contributed by atoms with Crippen molar-refractivity contribution < 1.29 is 0 Å². The van der Waals surface area contributed by atoms with Crippen molar-refractivity contribution in [1.82, 2.24) is 4.37 Å². The third kappa shape index (κ3) is 1.77. The highest BCUT2D eigenvalue weighted by Crippen LogP contribution is 2.30. The minimum absolute atomic E-state index is 0.989. The van der Waals surface area contributed by atoms with Crippen molar-refractivity contribution >= 4 is 27.2 Å². The fourth-order valence-corrected chi connectivity index (χ4v) is 2.68. The summed E-state index contributed by atoms with van der Waals surface area (Å²) in [5, 5.41) is 1.19. The normalized spacial score (nSPS) is 10.6. The molecule has 0 saturated carbocycles. The highest BCUT2D eigenvalue weighted by molar-refractivity contribution is 7.13. The Hall–Kier alpha value is -1.93. The molecular weight excluding hydrogens is 226 g/mol. The SMILES string of the molecule is C=C(c1ccccc1)c1nsc2ccccc12. The van der Waals surface area contributed by atoms with Gasteiger partial charge in [-0.25, -0.2) is 0 Å². The van der Waals surface area contributed by atoms with Gasteiger partial charge in [-0.2, -0.15) is 4.37 Å². The highest BCUT2D eigenvalue weighted by Gasteiger charge is 2.09. The van der Waals surface area contributed by atoms with Gasteiger partial charge in [0.1, 0.15) is 0 Å². The number of nitrogens with zero attached hydrogens (tertiary/aromatic N) is 1. The number of rotatable bonds is 2. The van der Waals surface area contributed by atoms with Crippen LogP contribution in [-0.2, 0) is 0 Å². The van der Waals surface area contributed by atoms with Gasteiger partial charge in [-0.05, 0) is 23.2 Å². The first kappa shape index (κ1) is 10.2. The molecule has 2 aromatic carbocycles. The quantitative estimate of drug-likeness (QED) is 0.645. The van der Waals surface area contributed by atoms with Crippen LogP contribution < -0.4 is 0 Å². The fourth-order valence-electron chi connectivity index (χ4n) is 1.88. The van der Waals surface area contributed by atoms with Crippen LogP contribution in [0.5, 0.6) is 0 Å². The Morgan fingerprint density at radius 2 is 1.65 bits per heavy atom. The van der Waals surface area contributed by atoms with Crippen LogP contribution in [0.25, 0.3) is 15.7 Å². The zero-order valence-corrected chi connectivity index (χ0v) is 10.1. The first-order valence-corrected chi connectivity index (χ1v) is 6.23. The molecule has 3 aromatic rings. The molecule has 0 unspecified atom stereocenters. The molecule has 17 heavy (non-hydrogen) atoms. The second kappa shape index (κ2) is 4.15. The van der Waals surface area contributed by atoms with Crippen LogP contribution in [0.1, 0.15) is 11.3 Å². The molecule has 0 amide bonds. The first-order chi connectivity index (χ1) is 8.36. The first-order valence-electron chi connectivity index (χ1n) is 5.45. The van der Waals surface area contributed by atoms with Crippen LogP contribution in [0.15, 0.2) is 61.2 Å². The van der Waals surface area contributed by atoms with Crippen molar-refractivity contribution in [3.63, 3.8) is 0 Å². The summed E-state index contributed by atoms with van der Waals surface area (Å²) in [6, 6.07) is 18.5. The standard InChI is InChI=1S/C15H11NS/c1-11(12-7-3-2-4-8-12)15-13-9-5-6-10-14(13)17-16-15/h2-10H,1H2. The van der Waals surface area contributed by atoms with Crippen molar-refractivity contribution in [3.8, 4) is 0 Å². The lowest BCUT2D eigenvalue weighted by atomic mass is 10.0. The van der Waals surface area contributed by atoms with Crippen molar-refractivity contribution in [2.75, 3.05) is 0 Å². The van der Waals surface area contributed by atoms with Crippen LogP contribution >= 0.6 is 11.5 Å². The Kier molecular flexibility index (Phi) is 2.50. The molecule has 82 valence electrons. The van der Waals surface area contributed by atoms with E-state index in [1.165, 1.54) is 21.6 Å². The van der Waals surface area contributed by atoms with Gasteiger partial charge < -0.3 is 0 Å². The Bertz CT molecular complexity index is 667. The minimum Gasteiger partial charge on any atom is -0.191 e. The van der Waals surface area contributed by atoms with E-state index in [1.807, 2.05) is 30.3 Å². The van der Waals surface area contributed by atoms with E-state index in [4.69, 9.17) is 0 Å². The molecular formula is C15H11NS. The summed E-state index contributed by atoms with van der Waals surface area (Å²) in [5.74, 6) is 0. The lowest BCUT2D eigenvalue weighted by molar-refractivity contribution is 1.48. The fraction of sp³-hybridized carbons (Fsp3) is 0. The topological polar surface area (TPSA) is 12.9 Å². The average molecular weight is 237 g/mol. The van der Waals surface area contributed by atoms with E-state index >= 15 is 0 Å². The van der Waals surface area contributed by atoms with Crippen molar-refractivity contribution in [3.05, 3.63) is 72.4 Å². The van der Waals surface area contributed by atoms with Gasteiger partial charge in [-0.3, -0.25) is 0 Å². The van der Waals surface area contributed by atoms with E-state index in [2.05, 4.69) is 35.2 Å². The summed E-state index contributed by atoms with van der Waals surface area (Å²) in [4.78, 5) is 0. The zero-order valence-electron chi connectivity index (χ0n) is 9.26. The number of fused-ring (bicyclic) bond motifs is 1. The molecule has 0 saturated heterocycles. The third-order valence-corrected chi connectivity index (χ3v) is 3.61. The summed E-state index contributed by atoms with van der Waals surface area (Å²) in [7, 11) is 0. The number of benzene rings is 2. The van der Waals surface area contributed by atoms with Gasteiger partial charge in [0.25, 0.3) is 0 Å². The molecule has 0 radical (unpaired) electrons. The van der Waals surface area contributed by atoms with E-state index in [0.717, 1.165) is 16.8 Å². The molecule has 1 aromatic heterocycles. The lowest BCUT2D eigenvalue weighted by Gasteiger charge is -2.02. The molecule has 0 fully saturated rings. The monoisotopic (exact) mass is 237 g/mol. The highest BCUT2D eigenvalue weighted by atomic mass is 32.1. The van der Waals surface area contributed by atoms with Crippen LogP contribution in [-0.4, -0.2) is 4.37 Å². The maximum Gasteiger partial charge on any atom is 0.0919 e. The zero-order chi connectivity index (χ0) is 11.7. The van der Waals surface area contributed by atoms with Gasteiger partial charge >= 0.3 is 0 Å². The average Bonchev–Trinajstić information content (AvgIpc) is 2.83. The predicted octanol–water partition coefficient (Wildman–Crippen LogP) is 4.36. The molecule has 0 N–H and O–H groups in total. The van der Waals surface area contributed by atoms with Crippen molar-refractivity contribution in [2.24, 2.45) is 0 Å². The van der Waals surface area contributed by atoms with E-state index in [9.17, 15) is 0 Å². The molecule has 0 spiro atoms. The number of hydrogen-bond acceptors (Lipinski definition) is 2. The number of hydrogen-bond donors (Lipinski definition) is 0. The second-order valence-corrected chi connectivity index (χ2v) is 4.68. The lowest BCUT2D eigenvalue weighted by Crippen LogP contribution is -1.85. The van der Waals surface area contributed by atoms with E-state index in [-0.39, 0.29) is 0 Å². The van der Waals surface area contributed by atoms with E-state index in [1.54, 1.807) is 0 Å². The molecule has 3 rings (SSSR count). The molecule has 0 aliphatic rings. The molecule has 0 bridgehead atoms. The Balaban J connectivity index is 2.14. The van der Waals surface area contributed by atoms with Crippen LogP contribution in [0, 0.1) is 0 Å². The molecule has 0 atom stereocenters. The van der Waals surface area contributed by atoms with Gasteiger partial charge in [-0.1, -0.05) is 55.1 Å². The van der Waals surface area contributed by atoms with Crippen molar-refractivity contribution in [2.45, 2.75) is 0 Å². The van der Waals surface area contributed by atoms with Gasteiger partial charge in [0, 0.05) is 11.0 Å². The number of aromatic nitrogens is 1. The molecule has 1 nitrogen and oxygen atoms in total. The predicted molar refractivity (Wildman–Crippen MR) is 74.2 cm³/mol. The summed E-state index contributed by atoms with van der Waals surface area (Å²) in [6.45, 7) is 4.16. The van der Waals surface area contributed by atoms with Gasteiger partial charge in [0.2, 0.25) is 0 Å². The molecule has 0 aliphatic heterocycles. The van der Waals surface area contributed by atoms with Crippen molar-refractivity contribution in [1.29, 1.82) is 0 Å². The molecule has 1 heterocycles. The van der Waals surface area contributed by atoms with E-state index < -0.39 is 0 Å². The van der Waals surface area contributed by atoms with Crippen LogP contribution in [0.4, 0.5) is 0 Å². The maximum atomic E-state index is 4.51. The van der Waals surface area contributed by atoms with Gasteiger partial charge in [0.15, 0.2) is 0 Å². The summed E-state index contributed by atoms with van der Waals surface area (Å²) in [6.07, 6.45) is 0. The molecule has 2 heteroatoms. The van der Waals surface area contributed by atoms with Gasteiger partial charge in [-0.15, -0.1) is 0 Å². The second-order valence-electron chi connectivity index (χ2n) is 3.87. The largest absolute Gasteiger partial charge is 0.191 e. The summed E-state index contributed by atoms with van der Waals surface area (Å²) < 4.78 is 5.72. The molecule has 0 aliphatic carbocycles. The third-order valence-electron chi connectivity index (χ3n) is 2.79. The van der Waals surface area contributed by atoms with Crippen LogP contribution in [0.3, 0.4) is 0 Å². The van der Waals surface area contributed by atoms with E-state index in [0.29, 0.717) is 0 Å². The van der Waals surface area contributed by atoms with Gasteiger partial charge in [0.05, 0.1) is 10.4 Å². The van der Waals surface area contributed by atoms with Crippen LogP contribution in [0.2, 0.25) is 0 Å².